The Morgan fingerprint density at radius 3 is 2.54 bits per heavy atom. The van der Waals surface area contributed by atoms with Crippen LogP contribution >= 0.6 is 0 Å². The fraction of sp³-hybridized carbons (Fsp3) is 0.350. The molecule has 4 nitrogen and oxygen atoms in total. The number of esters is 1. The van der Waals surface area contributed by atoms with E-state index in [9.17, 15) is 4.79 Å². The van der Waals surface area contributed by atoms with Crippen molar-refractivity contribution in [3.63, 3.8) is 0 Å². The second-order valence-electron chi connectivity index (χ2n) is 5.94. The zero-order chi connectivity index (χ0) is 16.8. The Labute approximate surface area is 142 Å². The van der Waals surface area contributed by atoms with Gasteiger partial charge in [-0.05, 0) is 43.0 Å². The van der Waals surface area contributed by atoms with Crippen molar-refractivity contribution in [2.24, 2.45) is 0 Å². The Morgan fingerprint density at radius 1 is 1.08 bits per heavy atom. The van der Waals surface area contributed by atoms with E-state index in [0.717, 1.165) is 24.2 Å². The Hall–Kier alpha value is -2.33. The van der Waals surface area contributed by atoms with Gasteiger partial charge in [-0.25, -0.2) is 0 Å². The summed E-state index contributed by atoms with van der Waals surface area (Å²) in [5.41, 5.74) is 2.32. The molecule has 0 amide bonds. The summed E-state index contributed by atoms with van der Waals surface area (Å²) in [6.45, 7) is 2.82. The monoisotopic (exact) mass is 325 g/mol. The number of rotatable bonds is 6. The van der Waals surface area contributed by atoms with Crippen molar-refractivity contribution < 1.29 is 14.3 Å². The molecule has 24 heavy (non-hydrogen) atoms. The van der Waals surface area contributed by atoms with Crippen LogP contribution in [-0.4, -0.2) is 18.6 Å². The van der Waals surface area contributed by atoms with E-state index in [1.54, 1.807) is 0 Å². The molecule has 0 bridgehead atoms. The number of benzene rings is 2. The summed E-state index contributed by atoms with van der Waals surface area (Å²) in [4.78, 5) is 11.8. The Balaban J connectivity index is 1.54. The summed E-state index contributed by atoms with van der Waals surface area (Å²) in [6.07, 6.45) is 1.75. The van der Waals surface area contributed by atoms with Crippen molar-refractivity contribution in [3.8, 4) is 5.75 Å². The summed E-state index contributed by atoms with van der Waals surface area (Å²) >= 11 is 0. The molecule has 1 aliphatic heterocycles. The van der Waals surface area contributed by atoms with Crippen molar-refractivity contribution in [1.82, 2.24) is 5.32 Å². The standard InChI is InChI=1S/C20H23NO3/c1-2-23-20(22)19-13-12-18(21-19)16-8-10-17(11-9-16)24-14-15-6-4-3-5-7-15/h3-11,18-19,21H,2,12-14H2,1H3/t18-,19+/m1/s1. The molecule has 4 heteroatoms. The fourth-order valence-corrected chi connectivity index (χ4v) is 2.97. The Kier molecular flexibility index (Phi) is 5.49. The van der Waals surface area contributed by atoms with Crippen LogP contribution in [0.15, 0.2) is 54.6 Å². The first-order valence-electron chi connectivity index (χ1n) is 8.45. The summed E-state index contributed by atoms with van der Waals surface area (Å²) in [5, 5.41) is 3.35. The van der Waals surface area contributed by atoms with Gasteiger partial charge < -0.3 is 9.47 Å². The minimum atomic E-state index is -0.191. The topological polar surface area (TPSA) is 47.6 Å². The van der Waals surface area contributed by atoms with Crippen LogP contribution in [0.3, 0.4) is 0 Å². The summed E-state index contributed by atoms with van der Waals surface area (Å²) in [6, 6.07) is 18.2. The van der Waals surface area contributed by atoms with Crippen LogP contribution in [0.1, 0.15) is 36.9 Å². The highest BCUT2D eigenvalue weighted by atomic mass is 16.5. The second-order valence-corrected chi connectivity index (χ2v) is 5.94. The van der Waals surface area contributed by atoms with E-state index in [1.807, 2.05) is 49.4 Å². The highest BCUT2D eigenvalue weighted by Crippen LogP contribution is 2.28. The van der Waals surface area contributed by atoms with E-state index >= 15 is 0 Å². The highest BCUT2D eigenvalue weighted by Gasteiger charge is 2.30. The van der Waals surface area contributed by atoms with Gasteiger partial charge >= 0.3 is 5.97 Å². The lowest BCUT2D eigenvalue weighted by molar-refractivity contribution is -0.145. The predicted molar refractivity (Wildman–Crippen MR) is 92.7 cm³/mol. The van der Waals surface area contributed by atoms with Crippen LogP contribution in [0.5, 0.6) is 5.75 Å². The minimum Gasteiger partial charge on any atom is -0.489 e. The summed E-state index contributed by atoms with van der Waals surface area (Å²) < 4.78 is 10.9. The molecule has 0 unspecified atom stereocenters. The van der Waals surface area contributed by atoms with Crippen LogP contribution in [0.2, 0.25) is 0 Å². The normalized spacial score (nSPS) is 19.9. The van der Waals surface area contributed by atoms with Crippen molar-refractivity contribution in [2.75, 3.05) is 6.61 Å². The molecule has 2 aromatic rings. The molecule has 2 atom stereocenters. The Morgan fingerprint density at radius 2 is 1.83 bits per heavy atom. The molecule has 2 aromatic carbocycles. The zero-order valence-electron chi connectivity index (χ0n) is 13.9. The fourth-order valence-electron chi connectivity index (χ4n) is 2.97. The molecule has 3 rings (SSSR count). The van der Waals surface area contributed by atoms with Crippen LogP contribution in [0.4, 0.5) is 0 Å². The first kappa shape index (κ1) is 16.5. The van der Waals surface area contributed by atoms with Crippen LogP contribution in [0.25, 0.3) is 0 Å². The zero-order valence-corrected chi connectivity index (χ0v) is 13.9. The molecule has 0 radical (unpaired) electrons. The Bertz CT molecular complexity index is 654. The molecular formula is C20H23NO3. The van der Waals surface area contributed by atoms with Crippen molar-refractivity contribution in [2.45, 2.75) is 38.5 Å². The maximum atomic E-state index is 11.8. The van der Waals surface area contributed by atoms with Crippen molar-refractivity contribution >= 4 is 5.97 Å². The minimum absolute atomic E-state index is 0.150. The lowest BCUT2D eigenvalue weighted by atomic mass is 10.1. The maximum Gasteiger partial charge on any atom is 0.323 e. The van der Waals surface area contributed by atoms with Crippen molar-refractivity contribution in [1.29, 1.82) is 0 Å². The number of hydrogen-bond acceptors (Lipinski definition) is 4. The molecule has 0 saturated carbocycles. The van der Waals surface area contributed by atoms with Crippen LogP contribution in [-0.2, 0) is 16.1 Å². The van der Waals surface area contributed by atoms with Gasteiger partial charge in [-0.3, -0.25) is 10.1 Å². The van der Waals surface area contributed by atoms with Gasteiger partial charge in [-0.15, -0.1) is 0 Å². The lowest BCUT2D eigenvalue weighted by Gasteiger charge is -2.14. The van der Waals surface area contributed by atoms with E-state index in [0.29, 0.717) is 13.2 Å². The first-order valence-corrected chi connectivity index (χ1v) is 8.45. The number of nitrogens with one attached hydrogen (secondary N) is 1. The third kappa shape index (κ3) is 4.15. The molecule has 0 spiro atoms. The predicted octanol–water partition coefficient (Wildman–Crippen LogP) is 3.62. The average molecular weight is 325 g/mol. The average Bonchev–Trinajstić information content (AvgIpc) is 3.12. The quantitative estimate of drug-likeness (QED) is 0.824. The smallest absolute Gasteiger partial charge is 0.323 e. The highest BCUT2D eigenvalue weighted by molar-refractivity contribution is 5.76. The largest absolute Gasteiger partial charge is 0.489 e. The SMILES string of the molecule is CCOC(=O)[C@@H]1CC[C@H](c2ccc(OCc3ccccc3)cc2)N1. The molecule has 1 heterocycles. The van der Waals surface area contributed by atoms with Gasteiger partial charge in [0.15, 0.2) is 0 Å². The maximum absolute atomic E-state index is 11.8. The number of hydrogen-bond donors (Lipinski definition) is 1. The number of ether oxygens (including phenoxy) is 2. The molecule has 1 saturated heterocycles. The van der Waals surface area contributed by atoms with E-state index in [1.165, 1.54) is 5.56 Å². The molecule has 0 aliphatic carbocycles. The summed E-state index contributed by atoms with van der Waals surface area (Å²) in [5.74, 6) is 0.699. The number of carbonyl (C=O) groups excluding carboxylic acids is 1. The van der Waals surface area contributed by atoms with Gasteiger partial charge in [-0.1, -0.05) is 42.5 Å². The summed E-state index contributed by atoms with van der Waals surface area (Å²) in [7, 11) is 0. The van der Waals surface area contributed by atoms with Gasteiger partial charge in [0.1, 0.15) is 18.4 Å². The third-order valence-corrected chi connectivity index (χ3v) is 4.25. The molecule has 1 aliphatic rings. The first-order chi connectivity index (χ1) is 11.8. The van der Waals surface area contributed by atoms with Gasteiger partial charge in [0.2, 0.25) is 0 Å². The van der Waals surface area contributed by atoms with Gasteiger partial charge in [-0.2, -0.15) is 0 Å². The molecule has 1 fully saturated rings. The van der Waals surface area contributed by atoms with E-state index < -0.39 is 0 Å². The lowest BCUT2D eigenvalue weighted by Crippen LogP contribution is -2.33. The molecule has 1 N–H and O–H groups in total. The number of carbonyl (C=O) groups is 1. The van der Waals surface area contributed by atoms with Crippen LogP contribution < -0.4 is 10.1 Å². The van der Waals surface area contributed by atoms with E-state index in [4.69, 9.17) is 9.47 Å². The third-order valence-electron chi connectivity index (χ3n) is 4.25. The van der Waals surface area contributed by atoms with Gasteiger partial charge in [0.05, 0.1) is 6.61 Å². The van der Waals surface area contributed by atoms with E-state index in [2.05, 4.69) is 17.4 Å². The van der Waals surface area contributed by atoms with E-state index in [-0.39, 0.29) is 18.1 Å². The van der Waals surface area contributed by atoms with Gasteiger partial charge in [0, 0.05) is 6.04 Å². The molecule has 126 valence electrons. The van der Waals surface area contributed by atoms with Crippen LogP contribution in [0, 0.1) is 0 Å². The molecular weight excluding hydrogens is 302 g/mol. The molecule has 0 aromatic heterocycles. The van der Waals surface area contributed by atoms with Gasteiger partial charge in [0.25, 0.3) is 0 Å². The van der Waals surface area contributed by atoms with Crippen molar-refractivity contribution in [3.05, 3.63) is 65.7 Å². The second kappa shape index (κ2) is 7.97.